The first-order chi connectivity index (χ1) is 29.7. The molecule has 0 saturated heterocycles. The molecule has 0 heterocycles. The van der Waals surface area contributed by atoms with Crippen molar-refractivity contribution in [3.8, 4) is 5.75 Å². The van der Waals surface area contributed by atoms with Crippen molar-refractivity contribution in [3.05, 3.63) is 132 Å². The van der Waals surface area contributed by atoms with E-state index in [9.17, 15) is 14.4 Å². The second-order valence-corrected chi connectivity index (χ2v) is 29.6. The predicted molar refractivity (Wildman–Crippen MR) is 291 cm³/mol. The minimum Gasteiger partial charge on any atom is -0.404 e. The van der Waals surface area contributed by atoms with Crippen LogP contribution in [0.2, 0.25) is 0 Å². The van der Waals surface area contributed by atoms with Gasteiger partial charge in [-0.1, -0.05) is 242 Å². The Morgan fingerprint density at radius 2 is 0.642 bits per heavy atom. The van der Waals surface area contributed by atoms with Crippen LogP contribution < -0.4 is 4.52 Å². The lowest BCUT2D eigenvalue weighted by Crippen LogP contribution is -2.30. The predicted octanol–water partition coefficient (Wildman–Crippen LogP) is 18.0. The van der Waals surface area contributed by atoms with Crippen molar-refractivity contribution in [3.63, 3.8) is 0 Å². The first-order valence-electron chi connectivity index (χ1n) is 25.1. The summed E-state index contributed by atoms with van der Waals surface area (Å²) in [5.41, 5.74) is 14.4. The maximum atomic E-state index is 13.9. The van der Waals surface area contributed by atoms with Crippen LogP contribution in [0.1, 0.15) is 283 Å². The van der Waals surface area contributed by atoms with Crippen LogP contribution in [0.15, 0.2) is 54.6 Å². The van der Waals surface area contributed by atoms with E-state index in [2.05, 4.69) is 242 Å². The Morgan fingerprint density at radius 1 is 0.373 bits per heavy atom. The van der Waals surface area contributed by atoms with E-state index in [0.29, 0.717) is 5.75 Å². The summed E-state index contributed by atoms with van der Waals surface area (Å²) in [7, 11) is -5.14. The third-order valence-corrected chi connectivity index (χ3v) is 14.6. The molecule has 0 aliphatic rings. The van der Waals surface area contributed by atoms with Gasteiger partial charge >= 0.3 is 7.82 Å². The van der Waals surface area contributed by atoms with Crippen molar-refractivity contribution in [2.75, 3.05) is 0 Å². The van der Waals surface area contributed by atoms with Gasteiger partial charge in [-0.15, -0.1) is 0 Å². The molecule has 0 radical (unpaired) electrons. The standard InChI is InChI=1S/C62H95O4P/c1-37(43-31-28-40(55(4,5)6)34-46(43)58(13,14)15)49-50(38(2)44-32-29-41(56(7,8)9)35-47(44)59(16,17)18)54(66-67(63,64)65)53(62(25,26)27)51(52(49)61(22,23)24)39(3)45-33-30-42(57(10,11)12)36-48(45)60(19,20)21/h28-39H,1-27H3,(H2,63,64,65). The van der Waals surface area contributed by atoms with Gasteiger partial charge in [0.15, 0.2) is 0 Å². The summed E-state index contributed by atoms with van der Waals surface area (Å²) < 4.78 is 20.3. The Bertz CT molecular complexity index is 2490. The Kier molecular flexibility index (Phi) is 15.3. The maximum Gasteiger partial charge on any atom is 0.524 e. The van der Waals surface area contributed by atoms with E-state index in [1.807, 2.05) is 0 Å². The van der Waals surface area contributed by atoms with Gasteiger partial charge in [-0.3, -0.25) is 9.79 Å². The number of hydrogen-bond acceptors (Lipinski definition) is 2. The lowest BCUT2D eigenvalue weighted by Gasteiger charge is -2.42. The first kappa shape index (κ1) is 56.4. The van der Waals surface area contributed by atoms with Gasteiger partial charge in [0.1, 0.15) is 5.75 Å². The van der Waals surface area contributed by atoms with E-state index >= 15 is 0 Å². The van der Waals surface area contributed by atoms with Crippen LogP contribution in [-0.2, 0) is 47.9 Å². The van der Waals surface area contributed by atoms with Gasteiger partial charge in [-0.05, 0) is 110 Å². The van der Waals surface area contributed by atoms with Gasteiger partial charge < -0.3 is 4.52 Å². The average Bonchev–Trinajstić information content (AvgIpc) is 3.12. The molecule has 0 fully saturated rings. The molecule has 5 heteroatoms. The van der Waals surface area contributed by atoms with Gasteiger partial charge in [0.05, 0.1) is 0 Å². The van der Waals surface area contributed by atoms with Crippen LogP contribution in [0.5, 0.6) is 5.75 Å². The highest BCUT2D eigenvalue weighted by atomic mass is 31.2. The number of benzene rings is 4. The monoisotopic (exact) mass is 935 g/mol. The fraction of sp³-hybridized carbons (Fsp3) is 0.613. The molecule has 67 heavy (non-hydrogen) atoms. The molecule has 4 aromatic carbocycles. The Hall–Kier alpha value is -3.17. The maximum absolute atomic E-state index is 13.9. The number of phosphoric acid groups is 1. The van der Waals surface area contributed by atoms with Crippen LogP contribution >= 0.6 is 7.82 Å². The van der Waals surface area contributed by atoms with Gasteiger partial charge in [-0.25, -0.2) is 4.57 Å². The number of phosphoric ester groups is 1. The van der Waals surface area contributed by atoms with Gasteiger partial charge in [0.2, 0.25) is 0 Å². The van der Waals surface area contributed by atoms with Crippen molar-refractivity contribution in [2.45, 2.75) is 248 Å². The molecule has 0 aromatic heterocycles. The number of hydrogen-bond donors (Lipinski definition) is 2. The molecule has 372 valence electrons. The van der Waals surface area contributed by atoms with E-state index in [4.69, 9.17) is 4.52 Å². The third-order valence-electron chi connectivity index (χ3n) is 14.2. The van der Waals surface area contributed by atoms with Crippen molar-refractivity contribution in [1.82, 2.24) is 0 Å². The van der Waals surface area contributed by atoms with E-state index < -0.39 is 18.7 Å². The topological polar surface area (TPSA) is 66.8 Å². The van der Waals surface area contributed by atoms with E-state index in [0.717, 1.165) is 27.8 Å². The molecule has 4 rings (SSSR count). The molecule has 0 saturated carbocycles. The molecule has 0 bridgehead atoms. The van der Waals surface area contributed by atoms with E-state index in [1.54, 1.807) is 0 Å². The molecule has 3 unspecified atom stereocenters. The smallest absolute Gasteiger partial charge is 0.404 e. The Balaban J connectivity index is 2.53. The molecule has 0 spiro atoms. The summed E-state index contributed by atoms with van der Waals surface area (Å²) in [6, 6.07) is 21.0. The Labute approximate surface area is 411 Å². The normalized spacial score (nSPS) is 15.4. The van der Waals surface area contributed by atoms with Gasteiger partial charge in [0.25, 0.3) is 0 Å². The highest BCUT2D eigenvalue weighted by Crippen LogP contribution is 2.58. The quantitative estimate of drug-likeness (QED) is 0.173. The zero-order valence-corrected chi connectivity index (χ0v) is 48.5. The summed E-state index contributed by atoms with van der Waals surface area (Å²) in [5.74, 6) is -0.386. The summed E-state index contributed by atoms with van der Waals surface area (Å²) in [6.45, 7) is 61.5. The molecular formula is C62H95O4P. The van der Waals surface area contributed by atoms with Crippen molar-refractivity contribution in [2.24, 2.45) is 0 Å². The summed E-state index contributed by atoms with van der Waals surface area (Å²) >= 11 is 0. The minimum atomic E-state index is -5.14. The third kappa shape index (κ3) is 12.4. The van der Waals surface area contributed by atoms with Crippen molar-refractivity contribution >= 4 is 7.82 Å². The molecule has 0 aliphatic heterocycles. The van der Waals surface area contributed by atoms with Crippen LogP contribution in [0.25, 0.3) is 0 Å². The second-order valence-electron chi connectivity index (χ2n) is 28.5. The van der Waals surface area contributed by atoms with Crippen LogP contribution in [0.3, 0.4) is 0 Å². The molecule has 3 atom stereocenters. The lowest BCUT2D eigenvalue weighted by atomic mass is 9.63. The summed E-state index contributed by atoms with van der Waals surface area (Å²) in [5, 5.41) is 0. The summed E-state index contributed by atoms with van der Waals surface area (Å²) in [6.07, 6.45) is 0. The molecule has 4 nitrogen and oxygen atoms in total. The van der Waals surface area contributed by atoms with E-state index in [1.165, 1.54) is 50.1 Å². The fourth-order valence-electron chi connectivity index (χ4n) is 10.5. The Morgan fingerprint density at radius 3 is 0.881 bits per heavy atom. The highest BCUT2D eigenvalue weighted by Gasteiger charge is 2.43. The highest BCUT2D eigenvalue weighted by molar-refractivity contribution is 7.46. The molecule has 0 aliphatic carbocycles. The molecule has 2 N–H and O–H groups in total. The largest absolute Gasteiger partial charge is 0.524 e. The molecule has 0 amide bonds. The van der Waals surface area contributed by atoms with Crippen molar-refractivity contribution in [1.29, 1.82) is 0 Å². The molecular weight excluding hydrogens is 840 g/mol. The zero-order valence-electron chi connectivity index (χ0n) is 47.6. The van der Waals surface area contributed by atoms with Crippen LogP contribution in [0, 0.1) is 0 Å². The van der Waals surface area contributed by atoms with Crippen molar-refractivity contribution < 1.29 is 18.9 Å². The zero-order chi connectivity index (χ0) is 52.0. The van der Waals surface area contributed by atoms with Crippen LogP contribution in [0.4, 0.5) is 0 Å². The van der Waals surface area contributed by atoms with Gasteiger partial charge in [-0.2, -0.15) is 0 Å². The SMILES string of the molecule is CC(c1ccc(C(C)(C)C)cc1C(C)(C)C)c1c(OP(=O)(O)O)c(C(C)(C)C)c(C(C)c2ccc(C(C)(C)C)cc2C(C)(C)C)c(C(C)(C)C)c1C(C)c1ccc(C(C)(C)C)cc1C(C)(C)C. The summed E-state index contributed by atoms with van der Waals surface area (Å²) in [4.78, 5) is 22.5. The lowest BCUT2D eigenvalue weighted by molar-refractivity contribution is 0.279. The molecule has 4 aromatic rings. The number of rotatable bonds is 8. The minimum absolute atomic E-state index is 0.0516. The van der Waals surface area contributed by atoms with Crippen LogP contribution in [-0.4, -0.2) is 9.79 Å². The van der Waals surface area contributed by atoms with Gasteiger partial charge in [0, 0.05) is 28.9 Å². The first-order valence-corrected chi connectivity index (χ1v) is 26.7. The van der Waals surface area contributed by atoms with E-state index in [-0.39, 0.29) is 50.2 Å². The fourth-order valence-corrected chi connectivity index (χ4v) is 10.9. The second kappa shape index (κ2) is 18.2. The average molecular weight is 935 g/mol.